The maximum Gasteiger partial charge on any atom is 0.0221 e. The van der Waals surface area contributed by atoms with Gasteiger partial charge in [0.2, 0.25) is 0 Å². The summed E-state index contributed by atoms with van der Waals surface area (Å²) < 4.78 is 0. The van der Waals surface area contributed by atoms with Gasteiger partial charge in [-0.3, -0.25) is 4.90 Å². The Kier molecular flexibility index (Phi) is 5.22. The van der Waals surface area contributed by atoms with Crippen LogP contribution < -0.4 is 5.32 Å². The van der Waals surface area contributed by atoms with Gasteiger partial charge in [-0.1, -0.05) is 26.3 Å². The lowest BCUT2D eigenvalue weighted by atomic mass is 9.96. The number of nitrogens with zero attached hydrogens (tertiary/aromatic N) is 1. The fraction of sp³-hybridized carbons (Fsp3) is 0.733. The Labute approximate surface area is 115 Å². The molecule has 102 valence electrons. The molecule has 1 N–H and O–H groups in total. The molecule has 0 radical (unpaired) electrons. The van der Waals surface area contributed by atoms with E-state index in [0.29, 0.717) is 12.1 Å². The summed E-state index contributed by atoms with van der Waals surface area (Å²) in [5.41, 5.74) is 0. The number of nitrogens with one attached hydrogen (secondary N) is 1. The second kappa shape index (κ2) is 6.69. The van der Waals surface area contributed by atoms with E-state index in [4.69, 9.17) is 0 Å². The van der Waals surface area contributed by atoms with Crippen LogP contribution in [0.1, 0.15) is 32.1 Å². The lowest BCUT2D eigenvalue weighted by molar-refractivity contribution is 0.130. The van der Waals surface area contributed by atoms with Gasteiger partial charge in [-0.2, -0.15) is 0 Å². The van der Waals surface area contributed by atoms with Crippen molar-refractivity contribution in [2.24, 2.45) is 5.92 Å². The number of hydrogen-bond donors (Lipinski definition) is 1. The molecule has 2 nitrogen and oxygen atoms in total. The van der Waals surface area contributed by atoms with Crippen LogP contribution in [0.25, 0.3) is 0 Å². The summed E-state index contributed by atoms with van der Waals surface area (Å²) in [6.07, 6.45) is 2.47. The zero-order valence-corrected chi connectivity index (χ0v) is 12.7. The van der Waals surface area contributed by atoms with Crippen molar-refractivity contribution < 1.29 is 0 Å². The quantitative estimate of drug-likeness (QED) is 0.881. The van der Waals surface area contributed by atoms with Crippen LogP contribution in [0.15, 0.2) is 17.5 Å². The molecule has 2 rings (SSSR count). The number of piperazine rings is 1. The molecule has 0 aromatic carbocycles. The van der Waals surface area contributed by atoms with E-state index in [-0.39, 0.29) is 0 Å². The van der Waals surface area contributed by atoms with Crippen LogP contribution in [0, 0.1) is 5.92 Å². The van der Waals surface area contributed by atoms with Crippen molar-refractivity contribution in [2.45, 2.75) is 45.7 Å². The minimum Gasteiger partial charge on any atom is -0.311 e. The smallest absolute Gasteiger partial charge is 0.0221 e. The topological polar surface area (TPSA) is 15.3 Å². The minimum atomic E-state index is 0.664. The fourth-order valence-corrected chi connectivity index (χ4v) is 3.54. The van der Waals surface area contributed by atoms with E-state index in [1.54, 1.807) is 0 Å². The Morgan fingerprint density at radius 2 is 2.33 bits per heavy atom. The molecule has 18 heavy (non-hydrogen) atoms. The molecule has 1 aliphatic heterocycles. The molecule has 3 heteroatoms. The van der Waals surface area contributed by atoms with Gasteiger partial charge in [0, 0.05) is 36.6 Å². The Hall–Kier alpha value is -0.380. The molecule has 2 heterocycles. The van der Waals surface area contributed by atoms with Crippen molar-refractivity contribution in [1.29, 1.82) is 0 Å². The average Bonchev–Trinajstić information content (AvgIpc) is 2.90. The first-order valence-electron chi connectivity index (χ1n) is 7.20. The van der Waals surface area contributed by atoms with Gasteiger partial charge in [-0.05, 0) is 30.7 Å². The van der Waals surface area contributed by atoms with Crippen LogP contribution in [0.4, 0.5) is 0 Å². The highest BCUT2D eigenvalue weighted by atomic mass is 32.1. The molecule has 0 amide bonds. The van der Waals surface area contributed by atoms with Gasteiger partial charge < -0.3 is 5.32 Å². The van der Waals surface area contributed by atoms with Crippen LogP contribution in [0.2, 0.25) is 0 Å². The molecule has 1 aromatic heterocycles. The average molecular weight is 266 g/mol. The summed E-state index contributed by atoms with van der Waals surface area (Å²) in [5, 5.41) is 5.86. The molecule has 1 fully saturated rings. The molecule has 0 spiro atoms. The van der Waals surface area contributed by atoms with E-state index in [9.17, 15) is 0 Å². The fourth-order valence-electron chi connectivity index (χ4n) is 2.72. The zero-order chi connectivity index (χ0) is 13.0. The van der Waals surface area contributed by atoms with Gasteiger partial charge in [-0.25, -0.2) is 0 Å². The Morgan fingerprint density at radius 3 is 3.00 bits per heavy atom. The molecular weight excluding hydrogens is 240 g/mol. The van der Waals surface area contributed by atoms with Gasteiger partial charge in [0.05, 0.1) is 0 Å². The van der Waals surface area contributed by atoms with Crippen molar-refractivity contribution in [3.8, 4) is 0 Å². The molecular formula is C15H26N2S. The summed E-state index contributed by atoms with van der Waals surface area (Å²) in [4.78, 5) is 4.17. The van der Waals surface area contributed by atoms with Gasteiger partial charge in [-0.15, -0.1) is 11.3 Å². The highest BCUT2D eigenvalue weighted by Gasteiger charge is 2.25. The lowest BCUT2D eigenvalue weighted by Crippen LogP contribution is -2.55. The molecule has 0 bridgehead atoms. The summed E-state index contributed by atoms with van der Waals surface area (Å²) in [5.74, 6) is 0.779. The van der Waals surface area contributed by atoms with Crippen molar-refractivity contribution in [1.82, 2.24) is 10.2 Å². The summed E-state index contributed by atoms with van der Waals surface area (Å²) in [7, 11) is 0. The lowest BCUT2D eigenvalue weighted by Gasteiger charge is -2.39. The first-order chi connectivity index (χ1) is 8.70. The van der Waals surface area contributed by atoms with Crippen LogP contribution in [0.3, 0.4) is 0 Å². The van der Waals surface area contributed by atoms with Gasteiger partial charge in [0.1, 0.15) is 0 Å². The maximum atomic E-state index is 3.67. The Morgan fingerprint density at radius 1 is 1.50 bits per heavy atom. The molecule has 0 aliphatic carbocycles. The second-order valence-electron chi connectivity index (χ2n) is 5.57. The molecule has 1 aliphatic rings. The van der Waals surface area contributed by atoms with E-state index in [1.807, 2.05) is 11.3 Å². The van der Waals surface area contributed by atoms with E-state index in [2.05, 4.69) is 48.5 Å². The third kappa shape index (κ3) is 3.56. The highest BCUT2D eigenvalue weighted by molar-refractivity contribution is 7.09. The third-order valence-corrected chi connectivity index (χ3v) is 5.17. The van der Waals surface area contributed by atoms with E-state index < -0.39 is 0 Å². The maximum absolute atomic E-state index is 3.67. The van der Waals surface area contributed by atoms with E-state index in [0.717, 1.165) is 12.5 Å². The van der Waals surface area contributed by atoms with Crippen molar-refractivity contribution in [2.75, 3.05) is 19.6 Å². The predicted octanol–water partition coefficient (Wildman–Crippen LogP) is 3.00. The Balaban J connectivity index is 1.88. The number of rotatable bonds is 5. The van der Waals surface area contributed by atoms with Crippen LogP contribution in [-0.2, 0) is 6.42 Å². The molecule has 3 unspecified atom stereocenters. The van der Waals surface area contributed by atoms with E-state index >= 15 is 0 Å². The number of hydrogen-bond acceptors (Lipinski definition) is 3. The standard InChI is InChI=1S/C15H26N2S/c1-4-12(2)15-11-17(8-7-16-15)13(3)10-14-6-5-9-18-14/h5-6,9,12-13,15-16H,4,7-8,10-11H2,1-3H3. The van der Waals surface area contributed by atoms with Crippen molar-refractivity contribution in [3.05, 3.63) is 22.4 Å². The first kappa shape index (κ1) is 14.0. The van der Waals surface area contributed by atoms with Crippen molar-refractivity contribution in [3.63, 3.8) is 0 Å². The summed E-state index contributed by atoms with van der Waals surface area (Å²) in [6.45, 7) is 10.6. The normalized spacial score (nSPS) is 24.9. The molecule has 1 saturated heterocycles. The molecule has 0 saturated carbocycles. The summed E-state index contributed by atoms with van der Waals surface area (Å²) >= 11 is 1.88. The molecule has 3 atom stereocenters. The van der Waals surface area contributed by atoms with Crippen LogP contribution >= 0.6 is 11.3 Å². The predicted molar refractivity (Wildman–Crippen MR) is 80.3 cm³/mol. The van der Waals surface area contributed by atoms with Gasteiger partial charge >= 0.3 is 0 Å². The SMILES string of the molecule is CCC(C)C1CN(C(C)Cc2cccs2)CCN1. The Bertz CT molecular complexity index is 336. The monoisotopic (exact) mass is 266 g/mol. The van der Waals surface area contributed by atoms with E-state index in [1.165, 1.54) is 30.8 Å². The minimum absolute atomic E-state index is 0.664. The van der Waals surface area contributed by atoms with Gasteiger partial charge in [0.15, 0.2) is 0 Å². The highest BCUT2D eigenvalue weighted by Crippen LogP contribution is 2.18. The largest absolute Gasteiger partial charge is 0.311 e. The van der Waals surface area contributed by atoms with Crippen LogP contribution in [-0.4, -0.2) is 36.6 Å². The van der Waals surface area contributed by atoms with Gasteiger partial charge in [0.25, 0.3) is 0 Å². The molecule has 1 aromatic rings. The summed E-state index contributed by atoms with van der Waals surface area (Å²) in [6, 6.07) is 5.76. The third-order valence-electron chi connectivity index (χ3n) is 4.27. The zero-order valence-electron chi connectivity index (χ0n) is 11.9. The second-order valence-corrected chi connectivity index (χ2v) is 6.61. The van der Waals surface area contributed by atoms with Crippen LogP contribution in [0.5, 0.6) is 0 Å². The van der Waals surface area contributed by atoms with Crippen molar-refractivity contribution >= 4 is 11.3 Å². The first-order valence-corrected chi connectivity index (χ1v) is 8.08. The number of thiophene rings is 1.